The van der Waals surface area contributed by atoms with Gasteiger partial charge in [0.15, 0.2) is 0 Å². The van der Waals surface area contributed by atoms with Crippen LogP contribution >= 0.6 is 0 Å². The fourth-order valence-electron chi connectivity index (χ4n) is 4.24. The Morgan fingerprint density at radius 1 is 1.12 bits per heavy atom. The molecule has 2 heterocycles. The lowest BCUT2D eigenvalue weighted by molar-refractivity contribution is -0.110. The van der Waals surface area contributed by atoms with Crippen molar-refractivity contribution in [3.8, 4) is 5.75 Å². The minimum Gasteiger partial charge on any atom is -0.496 e. The molecular formula is C25H32N4O5. The number of rotatable bonds is 9. The molecule has 9 nitrogen and oxygen atoms in total. The standard InChI is InChI=1S/C25H32N4O5/c1-7-29(8-2)12-11-26-24(31)20-14(3)18(27-15(20)4)13-16-21-17(28-23(16)30)9-10-19(33-5)22(21)25(32)34-6/h9-10,13,27H,7-8,11-12H2,1-6H3,(H,26,31)(H,28,30)/b16-13-. The van der Waals surface area contributed by atoms with E-state index in [1.165, 1.54) is 14.2 Å². The number of nitrogens with zero attached hydrogens (tertiary/aromatic N) is 1. The number of aryl methyl sites for hydroxylation is 1. The molecule has 2 aromatic rings. The van der Waals surface area contributed by atoms with Gasteiger partial charge in [0.25, 0.3) is 11.8 Å². The van der Waals surface area contributed by atoms with E-state index in [0.29, 0.717) is 46.1 Å². The van der Waals surface area contributed by atoms with Crippen LogP contribution < -0.4 is 15.4 Å². The quantitative estimate of drug-likeness (QED) is 0.385. The molecule has 3 N–H and O–H groups in total. The zero-order valence-corrected chi connectivity index (χ0v) is 20.5. The van der Waals surface area contributed by atoms with Crippen molar-refractivity contribution in [1.29, 1.82) is 0 Å². The number of amides is 2. The maximum absolute atomic E-state index is 12.9. The number of hydrogen-bond donors (Lipinski definition) is 3. The number of esters is 1. The summed E-state index contributed by atoms with van der Waals surface area (Å²) in [4.78, 5) is 43.7. The van der Waals surface area contributed by atoms with Crippen molar-refractivity contribution in [1.82, 2.24) is 15.2 Å². The predicted octanol–water partition coefficient (Wildman–Crippen LogP) is 2.99. The topological polar surface area (TPSA) is 113 Å². The first-order chi connectivity index (χ1) is 16.3. The number of nitrogens with one attached hydrogen (secondary N) is 3. The Kier molecular flexibility index (Phi) is 7.78. The van der Waals surface area contributed by atoms with Crippen LogP contribution in [-0.4, -0.2) is 68.1 Å². The van der Waals surface area contributed by atoms with Crippen LogP contribution in [0.4, 0.5) is 5.69 Å². The third-order valence-electron chi connectivity index (χ3n) is 6.14. The molecule has 1 aliphatic heterocycles. The lowest BCUT2D eigenvalue weighted by Gasteiger charge is -2.18. The molecule has 182 valence electrons. The number of likely N-dealkylation sites (N-methyl/N-ethyl adjacent to an activating group) is 1. The smallest absolute Gasteiger partial charge is 0.342 e. The lowest BCUT2D eigenvalue weighted by Crippen LogP contribution is -2.35. The molecule has 0 unspecified atom stereocenters. The number of methoxy groups -OCH3 is 2. The van der Waals surface area contributed by atoms with E-state index in [-0.39, 0.29) is 23.0 Å². The zero-order valence-electron chi connectivity index (χ0n) is 20.5. The Hall–Kier alpha value is -3.59. The van der Waals surface area contributed by atoms with E-state index in [2.05, 4.69) is 34.4 Å². The number of ether oxygens (including phenoxy) is 2. The van der Waals surface area contributed by atoms with E-state index in [9.17, 15) is 14.4 Å². The Morgan fingerprint density at radius 2 is 1.82 bits per heavy atom. The van der Waals surface area contributed by atoms with E-state index < -0.39 is 5.97 Å². The van der Waals surface area contributed by atoms with Gasteiger partial charge in [-0.2, -0.15) is 0 Å². The molecule has 0 spiro atoms. The molecule has 1 aromatic heterocycles. The van der Waals surface area contributed by atoms with E-state index in [0.717, 1.165) is 19.6 Å². The highest BCUT2D eigenvalue weighted by Gasteiger charge is 2.33. The van der Waals surface area contributed by atoms with Crippen LogP contribution in [0.25, 0.3) is 11.6 Å². The number of benzene rings is 1. The highest BCUT2D eigenvalue weighted by molar-refractivity contribution is 6.36. The van der Waals surface area contributed by atoms with Crippen LogP contribution in [0.15, 0.2) is 12.1 Å². The fraction of sp³-hybridized carbons (Fsp3) is 0.400. The number of hydrogen-bond acceptors (Lipinski definition) is 6. The number of carbonyl (C=O) groups excluding carboxylic acids is 3. The van der Waals surface area contributed by atoms with Crippen LogP contribution in [0, 0.1) is 13.8 Å². The normalized spacial score (nSPS) is 13.7. The number of carbonyl (C=O) groups is 3. The molecule has 34 heavy (non-hydrogen) atoms. The van der Waals surface area contributed by atoms with Crippen LogP contribution in [0.5, 0.6) is 5.75 Å². The molecule has 1 aromatic carbocycles. The van der Waals surface area contributed by atoms with Crippen molar-refractivity contribution in [2.75, 3.05) is 45.7 Å². The third kappa shape index (κ3) is 4.70. The highest BCUT2D eigenvalue weighted by atomic mass is 16.5. The Morgan fingerprint density at radius 3 is 2.44 bits per heavy atom. The Bertz CT molecular complexity index is 1140. The molecule has 0 bridgehead atoms. The van der Waals surface area contributed by atoms with Gasteiger partial charge in [0.2, 0.25) is 0 Å². The van der Waals surface area contributed by atoms with Gasteiger partial charge in [-0.1, -0.05) is 13.8 Å². The second-order valence-corrected chi connectivity index (χ2v) is 8.02. The molecule has 9 heteroatoms. The molecule has 0 aliphatic carbocycles. The summed E-state index contributed by atoms with van der Waals surface area (Å²) in [5.74, 6) is -0.828. The largest absolute Gasteiger partial charge is 0.496 e. The van der Waals surface area contributed by atoms with Crippen molar-refractivity contribution >= 4 is 35.1 Å². The number of aromatic amines is 1. The van der Waals surface area contributed by atoms with Crippen LogP contribution in [0.2, 0.25) is 0 Å². The zero-order chi connectivity index (χ0) is 25.0. The average Bonchev–Trinajstić information content (AvgIpc) is 3.30. The number of H-pyrrole nitrogens is 1. The highest BCUT2D eigenvalue weighted by Crippen LogP contribution is 2.40. The van der Waals surface area contributed by atoms with Crippen LogP contribution in [0.3, 0.4) is 0 Å². The number of fused-ring (bicyclic) bond motifs is 1. The van der Waals surface area contributed by atoms with E-state index in [1.807, 2.05) is 13.8 Å². The minimum atomic E-state index is -0.608. The molecule has 3 rings (SSSR count). The maximum Gasteiger partial charge on any atom is 0.342 e. The van der Waals surface area contributed by atoms with Gasteiger partial charge in [-0.05, 0) is 50.7 Å². The molecular weight excluding hydrogens is 436 g/mol. The predicted molar refractivity (Wildman–Crippen MR) is 131 cm³/mol. The Balaban J connectivity index is 1.98. The number of anilines is 1. The summed E-state index contributed by atoms with van der Waals surface area (Å²) < 4.78 is 10.3. The molecule has 2 amide bonds. The van der Waals surface area contributed by atoms with Gasteiger partial charge in [0.05, 0.1) is 31.0 Å². The molecule has 0 radical (unpaired) electrons. The summed E-state index contributed by atoms with van der Waals surface area (Å²) in [6, 6.07) is 3.29. The first-order valence-corrected chi connectivity index (χ1v) is 11.3. The maximum atomic E-state index is 12.9. The SMILES string of the molecule is CCN(CC)CCNC(=O)c1c(C)[nH]c(/C=C2\C(=O)Nc3ccc(OC)c(C(=O)OC)c32)c1C. The van der Waals surface area contributed by atoms with Crippen molar-refractivity contribution < 1.29 is 23.9 Å². The van der Waals surface area contributed by atoms with Gasteiger partial charge in [-0.3, -0.25) is 9.59 Å². The Labute approximate surface area is 199 Å². The summed E-state index contributed by atoms with van der Waals surface area (Å²) in [6.45, 7) is 11.0. The fourth-order valence-corrected chi connectivity index (χ4v) is 4.24. The summed E-state index contributed by atoms with van der Waals surface area (Å²) >= 11 is 0. The van der Waals surface area contributed by atoms with Gasteiger partial charge < -0.3 is 30.0 Å². The van der Waals surface area contributed by atoms with Crippen molar-refractivity contribution in [3.05, 3.63) is 45.8 Å². The molecule has 1 aliphatic rings. The van der Waals surface area contributed by atoms with Gasteiger partial charge >= 0.3 is 5.97 Å². The van der Waals surface area contributed by atoms with Crippen molar-refractivity contribution in [2.24, 2.45) is 0 Å². The number of aromatic nitrogens is 1. The van der Waals surface area contributed by atoms with E-state index >= 15 is 0 Å². The second-order valence-electron chi connectivity index (χ2n) is 8.02. The second kappa shape index (κ2) is 10.6. The summed E-state index contributed by atoms with van der Waals surface area (Å²) in [5.41, 5.74) is 3.93. The van der Waals surface area contributed by atoms with Crippen molar-refractivity contribution in [3.63, 3.8) is 0 Å². The minimum absolute atomic E-state index is 0.169. The monoisotopic (exact) mass is 468 g/mol. The summed E-state index contributed by atoms with van der Waals surface area (Å²) in [5, 5.41) is 5.76. The molecule has 0 fully saturated rings. The van der Waals surface area contributed by atoms with E-state index in [1.54, 1.807) is 18.2 Å². The molecule has 0 atom stereocenters. The van der Waals surface area contributed by atoms with Crippen LogP contribution in [-0.2, 0) is 9.53 Å². The van der Waals surface area contributed by atoms with Gasteiger partial charge in [-0.25, -0.2) is 4.79 Å². The van der Waals surface area contributed by atoms with Gasteiger partial charge in [-0.15, -0.1) is 0 Å². The molecule has 0 saturated carbocycles. The third-order valence-corrected chi connectivity index (χ3v) is 6.14. The van der Waals surface area contributed by atoms with Gasteiger partial charge in [0, 0.05) is 30.0 Å². The van der Waals surface area contributed by atoms with Gasteiger partial charge in [0.1, 0.15) is 11.3 Å². The average molecular weight is 469 g/mol. The first-order valence-electron chi connectivity index (χ1n) is 11.3. The summed E-state index contributed by atoms with van der Waals surface area (Å²) in [7, 11) is 2.73. The molecule has 0 saturated heterocycles. The van der Waals surface area contributed by atoms with E-state index in [4.69, 9.17) is 9.47 Å². The van der Waals surface area contributed by atoms with Crippen LogP contribution in [0.1, 0.15) is 57.1 Å². The van der Waals surface area contributed by atoms with Crippen molar-refractivity contribution in [2.45, 2.75) is 27.7 Å². The first kappa shape index (κ1) is 25.0. The lowest BCUT2D eigenvalue weighted by atomic mass is 9.97. The summed E-state index contributed by atoms with van der Waals surface area (Å²) in [6.07, 6.45) is 1.65.